The van der Waals surface area contributed by atoms with Crippen LogP contribution < -0.4 is 5.32 Å². The highest BCUT2D eigenvalue weighted by Crippen LogP contribution is 2.17. The monoisotopic (exact) mass is 298 g/mol. The van der Waals surface area contributed by atoms with Crippen LogP contribution in [0, 0.1) is 0 Å². The molecule has 110 valence electrons. The molecule has 1 amide bonds. The molecule has 1 fully saturated rings. The minimum Gasteiger partial charge on any atom is -0.508 e. The third-order valence-electron chi connectivity index (χ3n) is 3.46. The summed E-state index contributed by atoms with van der Waals surface area (Å²) in [7, 11) is -1.36. The van der Waals surface area contributed by atoms with Gasteiger partial charge in [0.15, 0.2) is 9.84 Å². The predicted octanol–water partition coefficient (Wildman–Crippen LogP) is 0.450. The Kier molecular flexibility index (Phi) is 4.17. The van der Waals surface area contributed by atoms with Crippen molar-refractivity contribution in [3.05, 3.63) is 24.3 Å². The molecule has 0 bridgehead atoms. The van der Waals surface area contributed by atoms with E-state index in [1.807, 2.05) is 0 Å². The molecule has 1 aromatic rings. The summed E-state index contributed by atoms with van der Waals surface area (Å²) in [5.41, 5.74) is 0.726. The van der Waals surface area contributed by atoms with Crippen molar-refractivity contribution in [1.29, 1.82) is 0 Å². The zero-order chi connectivity index (χ0) is 14.8. The van der Waals surface area contributed by atoms with Crippen molar-refractivity contribution < 1.29 is 18.3 Å². The Hall–Kier alpha value is -1.76. The Morgan fingerprint density at radius 2 is 2.05 bits per heavy atom. The van der Waals surface area contributed by atoms with Crippen LogP contribution >= 0.6 is 0 Å². The summed E-state index contributed by atoms with van der Waals surface area (Å²) in [6.07, 6.45) is 0.504. The molecule has 0 aromatic heterocycles. The number of carbonyl (C=O) groups is 1. The van der Waals surface area contributed by atoms with Crippen molar-refractivity contribution >= 4 is 21.4 Å². The molecule has 1 aliphatic heterocycles. The second-order valence-corrected chi connectivity index (χ2v) is 7.19. The van der Waals surface area contributed by atoms with Gasteiger partial charge in [-0.2, -0.15) is 0 Å². The molecule has 1 atom stereocenters. The topological polar surface area (TPSA) is 86.7 Å². The third kappa shape index (κ3) is 3.63. The van der Waals surface area contributed by atoms with Gasteiger partial charge in [-0.05, 0) is 30.7 Å². The normalized spacial score (nSPS) is 20.6. The Morgan fingerprint density at radius 3 is 2.60 bits per heavy atom. The Labute approximate surface area is 118 Å². The molecule has 0 aliphatic carbocycles. The zero-order valence-corrected chi connectivity index (χ0v) is 12.1. The van der Waals surface area contributed by atoms with Crippen LogP contribution in [0.2, 0.25) is 0 Å². The summed E-state index contributed by atoms with van der Waals surface area (Å²) < 4.78 is 22.8. The lowest BCUT2D eigenvalue weighted by Gasteiger charge is -2.23. The van der Waals surface area contributed by atoms with Crippen LogP contribution in [0.5, 0.6) is 5.75 Å². The van der Waals surface area contributed by atoms with Crippen molar-refractivity contribution in [2.75, 3.05) is 30.4 Å². The number of amides is 1. The van der Waals surface area contributed by atoms with E-state index < -0.39 is 9.84 Å². The van der Waals surface area contributed by atoms with Crippen molar-refractivity contribution in [3.63, 3.8) is 0 Å². The van der Waals surface area contributed by atoms with Crippen LogP contribution in [0.1, 0.15) is 6.42 Å². The molecule has 0 spiro atoms. The van der Waals surface area contributed by atoms with Crippen molar-refractivity contribution in [3.8, 4) is 5.75 Å². The molecular formula is C13H18N2O4S. The van der Waals surface area contributed by atoms with Crippen LogP contribution in [0.15, 0.2) is 24.3 Å². The maximum Gasteiger partial charge on any atom is 0.241 e. The number of rotatable bonds is 4. The van der Waals surface area contributed by atoms with Gasteiger partial charge >= 0.3 is 0 Å². The van der Waals surface area contributed by atoms with Crippen LogP contribution in [0.3, 0.4) is 0 Å². The molecule has 2 N–H and O–H groups in total. The Balaban J connectivity index is 1.87. The van der Waals surface area contributed by atoms with Gasteiger partial charge in [0, 0.05) is 18.8 Å². The van der Waals surface area contributed by atoms with Crippen LogP contribution in [-0.2, 0) is 14.6 Å². The van der Waals surface area contributed by atoms with Crippen LogP contribution in [0.25, 0.3) is 0 Å². The molecule has 20 heavy (non-hydrogen) atoms. The summed E-state index contributed by atoms with van der Waals surface area (Å²) in [4.78, 5) is 13.5. The van der Waals surface area contributed by atoms with Crippen molar-refractivity contribution in [2.24, 2.45) is 0 Å². The fourth-order valence-electron chi connectivity index (χ4n) is 2.17. The number of anilines is 1. The number of benzene rings is 1. The molecule has 1 heterocycles. The molecule has 6 nitrogen and oxygen atoms in total. The molecule has 0 saturated carbocycles. The number of aromatic hydroxyl groups is 1. The van der Waals surface area contributed by atoms with Gasteiger partial charge in [-0.25, -0.2) is 8.42 Å². The summed E-state index contributed by atoms with van der Waals surface area (Å²) in [5, 5.41) is 12.1. The van der Waals surface area contributed by atoms with E-state index in [1.165, 1.54) is 17.0 Å². The van der Waals surface area contributed by atoms with Crippen molar-refractivity contribution in [2.45, 2.75) is 12.5 Å². The molecule has 1 aliphatic rings. The first-order chi connectivity index (χ1) is 9.37. The average molecular weight is 298 g/mol. The SMILES string of the molecule is CN(C(=O)CNc1ccc(O)cc1)C1CCS(=O)(=O)C1. The maximum absolute atomic E-state index is 12.0. The molecule has 2 rings (SSSR count). The van der Waals surface area contributed by atoms with Crippen LogP contribution in [-0.4, -0.2) is 55.5 Å². The lowest BCUT2D eigenvalue weighted by atomic mass is 10.2. The standard InChI is InChI=1S/C13H18N2O4S/c1-15(11-6-7-20(18,19)9-11)13(17)8-14-10-2-4-12(16)5-3-10/h2-5,11,14,16H,6-9H2,1H3. The molecule has 1 unspecified atom stereocenters. The van der Waals surface area contributed by atoms with Gasteiger partial charge in [0.1, 0.15) is 5.75 Å². The zero-order valence-electron chi connectivity index (χ0n) is 11.2. The van der Waals surface area contributed by atoms with Gasteiger partial charge in [-0.15, -0.1) is 0 Å². The van der Waals surface area contributed by atoms with E-state index in [0.717, 1.165) is 5.69 Å². The first-order valence-corrected chi connectivity index (χ1v) is 8.18. The van der Waals surface area contributed by atoms with E-state index in [0.29, 0.717) is 6.42 Å². The number of phenols is 1. The molecular weight excluding hydrogens is 280 g/mol. The highest BCUT2D eigenvalue weighted by molar-refractivity contribution is 7.91. The summed E-state index contributed by atoms with van der Waals surface area (Å²) in [6.45, 7) is 0.0951. The predicted molar refractivity (Wildman–Crippen MR) is 76.4 cm³/mol. The minimum absolute atomic E-state index is 0.0500. The van der Waals surface area contributed by atoms with Gasteiger partial charge in [-0.3, -0.25) is 4.79 Å². The average Bonchev–Trinajstić information content (AvgIpc) is 2.77. The molecule has 7 heteroatoms. The highest BCUT2D eigenvalue weighted by atomic mass is 32.2. The summed E-state index contributed by atoms with van der Waals surface area (Å²) in [6, 6.07) is 6.17. The number of nitrogens with one attached hydrogen (secondary N) is 1. The van der Waals surface area contributed by atoms with E-state index in [9.17, 15) is 13.2 Å². The number of likely N-dealkylation sites (N-methyl/N-ethyl adjacent to an activating group) is 1. The largest absolute Gasteiger partial charge is 0.508 e. The molecule has 0 radical (unpaired) electrons. The lowest BCUT2D eigenvalue weighted by Crippen LogP contribution is -2.40. The fraction of sp³-hybridized carbons (Fsp3) is 0.462. The highest BCUT2D eigenvalue weighted by Gasteiger charge is 2.32. The quantitative estimate of drug-likeness (QED) is 0.788. The smallest absolute Gasteiger partial charge is 0.241 e. The van der Waals surface area contributed by atoms with Crippen molar-refractivity contribution in [1.82, 2.24) is 4.90 Å². The van der Waals surface area contributed by atoms with E-state index >= 15 is 0 Å². The first-order valence-electron chi connectivity index (χ1n) is 6.36. The second-order valence-electron chi connectivity index (χ2n) is 4.96. The van der Waals surface area contributed by atoms with Gasteiger partial charge in [-0.1, -0.05) is 0 Å². The first kappa shape index (κ1) is 14.6. The van der Waals surface area contributed by atoms with E-state index in [4.69, 9.17) is 5.11 Å². The van der Waals surface area contributed by atoms with Gasteiger partial charge in [0.05, 0.1) is 18.1 Å². The Morgan fingerprint density at radius 1 is 1.40 bits per heavy atom. The van der Waals surface area contributed by atoms with Crippen LogP contribution in [0.4, 0.5) is 5.69 Å². The lowest BCUT2D eigenvalue weighted by molar-refractivity contribution is -0.129. The fourth-order valence-corrected chi connectivity index (χ4v) is 3.94. The summed E-state index contributed by atoms with van der Waals surface area (Å²) in [5.74, 6) is 0.213. The number of carbonyl (C=O) groups excluding carboxylic acids is 1. The van der Waals surface area contributed by atoms with E-state index in [2.05, 4.69) is 5.32 Å². The van der Waals surface area contributed by atoms with Gasteiger partial charge in [0.25, 0.3) is 0 Å². The van der Waals surface area contributed by atoms with Gasteiger partial charge in [0.2, 0.25) is 5.91 Å². The van der Waals surface area contributed by atoms with E-state index in [-0.39, 0.29) is 35.7 Å². The summed E-state index contributed by atoms with van der Waals surface area (Å²) >= 11 is 0. The number of hydrogen-bond acceptors (Lipinski definition) is 5. The number of hydrogen-bond donors (Lipinski definition) is 2. The third-order valence-corrected chi connectivity index (χ3v) is 5.21. The number of nitrogens with zero attached hydrogens (tertiary/aromatic N) is 1. The number of sulfone groups is 1. The second kappa shape index (κ2) is 5.70. The molecule has 1 aromatic carbocycles. The number of phenolic OH excluding ortho intramolecular Hbond substituents is 1. The maximum atomic E-state index is 12.0. The Bertz CT molecular complexity index is 583. The minimum atomic E-state index is -2.99. The molecule has 1 saturated heterocycles. The van der Waals surface area contributed by atoms with Gasteiger partial charge < -0.3 is 15.3 Å². The van der Waals surface area contributed by atoms with E-state index in [1.54, 1.807) is 19.2 Å².